The predicted molar refractivity (Wildman–Crippen MR) is 172 cm³/mol. The molecule has 3 rings (SSSR count). The van der Waals surface area contributed by atoms with E-state index in [-0.39, 0.29) is 35.1 Å². The summed E-state index contributed by atoms with van der Waals surface area (Å²) in [4.78, 5) is 0. The van der Waals surface area contributed by atoms with Crippen molar-refractivity contribution in [3.8, 4) is 0 Å². The first kappa shape index (κ1) is 35.2. The van der Waals surface area contributed by atoms with Crippen molar-refractivity contribution in [3.63, 3.8) is 0 Å². The molecule has 6 heteroatoms. The first-order valence-corrected chi connectivity index (χ1v) is 17.2. The molecule has 6 nitrogen and oxygen atoms in total. The summed E-state index contributed by atoms with van der Waals surface area (Å²) in [6, 6.07) is 1.48. The third kappa shape index (κ3) is 11.6. The monoisotopic (exact) mass is 580 g/mol. The Morgan fingerprint density at radius 1 is 0.561 bits per heavy atom. The highest BCUT2D eigenvalue weighted by molar-refractivity contribution is 4.96. The van der Waals surface area contributed by atoms with Crippen LogP contribution >= 0.6 is 0 Å². The van der Waals surface area contributed by atoms with Crippen molar-refractivity contribution in [3.05, 3.63) is 0 Å². The zero-order valence-electron chi connectivity index (χ0n) is 29.1. The van der Waals surface area contributed by atoms with Crippen LogP contribution in [0.15, 0.2) is 0 Å². The molecule has 0 saturated carbocycles. The minimum absolute atomic E-state index is 0.0756. The first-order valence-electron chi connectivity index (χ1n) is 17.2. The molecule has 242 valence electrons. The van der Waals surface area contributed by atoms with Crippen molar-refractivity contribution in [2.45, 2.75) is 200 Å². The van der Waals surface area contributed by atoms with Crippen molar-refractivity contribution in [1.29, 1.82) is 0 Å². The van der Waals surface area contributed by atoms with Crippen molar-refractivity contribution < 1.29 is 14.2 Å². The van der Waals surface area contributed by atoms with Gasteiger partial charge in [-0.3, -0.25) is 0 Å². The Bertz CT molecular complexity index is 741. The van der Waals surface area contributed by atoms with Crippen LogP contribution in [0.25, 0.3) is 0 Å². The molecule has 41 heavy (non-hydrogen) atoms. The van der Waals surface area contributed by atoms with Gasteiger partial charge in [0.25, 0.3) is 0 Å². The first-order chi connectivity index (χ1) is 18.9. The van der Waals surface area contributed by atoms with E-state index in [1.807, 2.05) is 0 Å². The van der Waals surface area contributed by atoms with Crippen LogP contribution in [-0.4, -0.2) is 66.0 Å². The number of nitrogens with one attached hydrogen (secondary N) is 3. The summed E-state index contributed by atoms with van der Waals surface area (Å²) in [5, 5.41) is 11.6. The number of hydrogen-bond donors (Lipinski definition) is 3. The smallest absolute Gasteiger partial charge is 0.158 e. The highest BCUT2D eigenvalue weighted by Gasteiger charge is 2.39. The van der Waals surface area contributed by atoms with Crippen LogP contribution in [0.1, 0.15) is 141 Å². The quantitative estimate of drug-likeness (QED) is 0.158. The lowest BCUT2D eigenvalue weighted by Gasteiger charge is -2.46. The molecule has 0 spiro atoms. The number of unbranched alkanes of at least 4 members (excludes halogenated alkanes) is 1. The summed E-state index contributed by atoms with van der Waals surface area (Å²) >= 11 is 0. The molecule has 3 N–H and O–H groups in total. The maximum Gasteiger partial charge on any atom is 0.158 e. The molecule has 3 fully saturated rings. The summed E-state index contributed by atoms with van der Waals surface area (Å²) < 4.78 is 20.3. The molecule has 3 heterocycles. The van der Waals surface area contributed by atoms with Crippen LogP contribution in [0.5, 0.6) is 0 Å². The topological polar surface area (TPSA) is 63.8 Å². The second kappa shape index (κ2) is 14.7. The van der Waals surface area contributed by atoms with Gasteiger partial charge < -0.3 is 30.2 Å². The predicted octanol–water partition coefficient (Wildman–Crippen LogP) is 7.20. The summed E-state index contributed by atoms with van der Waals surface area (Å²) in [7, 11) is 0. The van der Waals surface area contributed by atoms with Crippen LogP contribution in [0, 0.1) is 17.8 Å². The van der Waals surface area contributed by atoms with Crippen LogP contribution < -0.4 is 16.0 Å². The van der Waals surface area contributed by atoms with Gasteiger partial charge in [0, 0.05) is 41.3 Å². The van der Waals surface area contributed by atoms with Crippen molar-refractivity contribution in [1.82, 2.24) is 16.0 Å². The minimum Gasteiger partial charge on any atom is -0.378 e. The summed E-state index contributed by atoms with van der Waals surface area (Å²) in [5.41, 5.74) is 0.288. The highest BCUT2D eigenvalue weighted by Crippen LogP contribution is 2.33. The van der Waals surface area contributed by atoms with E-state index in [1.165, 1.54) is 0 Å². The molecule has 6 unspecified atom stereocenters. The van der Waals surface area contributed by atoms with Gasteiger partial charge in [-0.1, -0.05) is 41.5 Å². The third-order valence-corrected chi connectivity index (χ3v) is 9.78. The standard InChI is InChI=1S/C35H69N3O3/c1-23(2)29-17-26(20-33(7,8)36-29)39-16-14-13-15-32(40-27-18-30(24(3)4)37-34(9,10)21-27)41-28-19-31(25(5)6)38-35(11,12)22-28/h23-32,36-38H,13-22H2,1-12H3. The normalized spacial score (nSPS) is 34.3. The van der Waals surface area contributed by atoms with Gasteiger partial charge in [-0.2, -0.15) is 0 Å². The zero-order valence-corrected chi connectivity index (χ0v) is 29.1. The molecule has 3 aliphatic rings. The molecule has 0 amide bonds. The van der Waals surface area contributed by atoms with E-state index in [2.05, 4.69) is 99.0 Å². The van der Waals surface area contributed by atoms with Gasteiger partial charge in [-0.05, 0) is 117 Å². The molecule has 0 aromatic rings. The second-order valence-corrected chi connectivity index (χ2v) is 16.9. The van der Waals surface area contributed by atoms with Crippen LogP contribution in [0.3, 0.4) is 0 Å². The van der Waals surface area contributed by atoms with Gasteiger partial charge in [0.15, 0.2) is 6.29 Å². The minimum atomic E-state index is -0.156. The Morgan fingerprint density at radius 3 is 1.32 bits per heavy atom. The fraction of sp³-hybridized carbons (Fsp3) is 1.00. The fourth-order valence-corrected chi connectivity index (χ4v) is 7.58. The molecule has 0 aromatic carbocycles. The molecule has 3 aliphatic heterocycles. The third-order valence-electron chi connectivity index (χ3n) is 9.78. The Hall–Kier alpha value is -0.240. The number of piperidine rings is 3. The lowest BCUT2D eigenvalue weighted by molar-refractivity contribution is -0.217. The van der Waals surface area contributed by atoms with Crippen molar-refractivity contribution in [2.75, 3.05) is 6.61 Å². The van der Waals surface area contributed by atoms with E-state index in [0.29, 0.717) is 42.0 Å². The van der Waals surface area contributed by atoms with E-state index in [1.54, 1.807) is 0 Å². The lowest BCUT2D eigenvalue weighted by atomic mass is 9.83. The van der Waals surface area contributed by atoms with E-state index in [9.17, 15) is 0 Å². The van der Waals surface area contributed by atoms with Crippen LogP contribution in [0.2, 0.25) is 0 Å². The molecule has 6 atom stereocenters. The lowest BCUT2D eigenvalue weighted by Crippen LogP contribution is -2.57. The van der Waals surface area contributed by atoms with E-state index >= 15 is 0 Å². The zero-order chi connectivity index (χ0) is 30.6. The molecule has 0 bridgehead atoms. The average molecular weight is 580 g/mol. The second-order valence-electron chi connectivity index (χ2n) is 16.9. The Balaban J connectivity index is 1.59. The van der Waals surface area contributed by atoms with E-state index in [4.69, 9.17) is 14.2 Å². The van der Waals surface area contributed by atoms with Crippen LogP contribution in [0.4, 0.5) is 0 Å². The number of ether oxygens (including phenoxy) is 3. The molecule has 0 aliphatic carbocycles. The molecule has 0 aromatic heterocycles. The van der Waals surface area contributed by atoms with Gasteiger partial charge in [-0.15, -0.1) is 0 Å². The molecule has 3 saturated heterocycles. The van der Waals surface area contributed by atoms with Gasteiger partial charge in [-0.25, -0.2) is 0 Å². The Morgan fingerprint density at radius 2 is 0.927 bits per heavy atom. The summed E-state index contributed by atoms with van der Waals surface area (Å²) in [6.45, 7) is 28.6. The van der Waals surface area contributed by atoms with Gasteiger partial charge in [0.05, 0.1) is 18.3 Å². The summed E-state index contributed by atoms with van der Waals surface area (Å²) in [5.74, 6) is 1.80. The van der Waals surface area contributed by atoms with Crippen molar-refractivity contribution >= 4 is 0 Å². The largest absolute Gasteiger partial charge is 0.378 e. The van der Waals surface area contributed by atoms with Crippen molar-refractivity contribution in [2.24, 2.45) is 17.8 Å². The van der Waals surface area contributed by atoms with Crippen LogP contribution in [-0.2, 0) is 14.2 Å². The van der Waals surface area contributed by atoms with Gasteiger partial charge in [0.2, 0.25) is 0 Å². The SMILES string of the molecule is CC(C)C1CC(OCCCCC(OC2CC(C(C)C)NC(C)(C)C2)OC2CC(C(C)C)NC(C)(C)C2)CC(C)(C)N1. The Labute approximate surface area is 254 Å². The molecule has 0 radical (unpaired) electrons. The number of hydrogen-bond acceptors (Lipinski definition) is 6. The average Bonchev–Trinajstić information content (AvgIpc) is 2.80. The molecular weight excluding hydrogens is 510 g/mol. The fourth-order valence-electron chi connectivity index (χ4n) is 7.58. The molecular formula is C35H69N3O3. The highest BCUT2D eigenvalue weighted by atomic mass is 16.7. The number of rotatable bonds is 13. The summed E-state index contributed by atoms with van der Waals surface area (Å²) in [6.07, 6.45) is 10.0. The van der Waals surface area contributed by atoms with Gasteiger partial charge >= 0.3 is 0 Å². The maximum atomic E-state index is 6.91. The van der Waals surface area contributed by atoms with Gasteiger partial charge in [0.1, 0.15) is 0 Å². The maximum absolute atomic E-state index is 6.91. The Kier molecular flexibility index (Phi) is 12.6. The van der Waals surface area contributed by atoms with E-state index in [0.717, 1.165) is 64.4 Å². The van der Waals surface area contributed by atoms with E-state index < -0.39 is 0 Å².